The van der Waals surface area contributed by atoms with E-state index in [-0.39, 0.29) is 18.3 Å². The number of guanidine groups is 1. The van der Waals surface area contributed by atoms with Gasteiger partial charge in [0.05, 0.1) is 6.04 Å². The van der Waals surface area contributed by atoms with Gasteiger partial charge in [-0.1, -0.05) is 19.9 Å². The summed E-state index contributed by atoms with van der Waals surface area (Å²) in [6, 6.07) is 4.26. The van der Waals surface area contributed by atoms with Crippen molar-refractivity contribution in [3.8, 4) is 0 Å². The summed E-state index contributed by atoms with van der Waals surface area (Å²) >= 11 is 0. The minimum Gasteiger partial charge on any atom is -0.370 e. The number of ketones is 1. The molecule has 210 valence electrons. The molecular weight excluding hydrogens is 505 g/mol. The standard InChI is InChI=1S/C27H36FN7O4/c1-16(2)23(34-24(37)18-8-7-17-9-11-31-15-19(17)13-18)26(39)35-12-4-6-21(35)25(38)33-20(22(36)14-28)5-3-10-32-27(29)30/h7-9,11,13,15-16,20-21,23H,3-6,10,12,14H2,1-2H3,(H,33,38)(H,34,37)(H4,29,30,32)/t20-,21?,23?/m0/s1. The third-order valence-electron chi connectivity index (χ3n) is 6.78. The first-order valence-corrected chi connectivity index (χ1v) is 13.0. The molecule has 11 nitrogen and oxygen atoms in total. The van der Waals surface area contributed by atoms with Crippen LogP contribution in [0.15, 0.2) is 36.7 Å². The molecule has 1 aliphatic heterocycles. The highest BCUT2D eigenvalue weighted by Gasteiger charge is 2.39. The third-order valence-corrected chi connectivity index (χ3v) is 6.78. The van der Waals surface area contributed by atoms with Gasteiger partial charge in [-0.05, 0) is 55.2 Å². The third kappa shape index (κ3) is 7.71. The van der Waals surface area contributed by atoms with Crippen molar-refractivity contribution in [1.82, 2.24) is 25.8 Å². The molecule has 6 N–H and O–H groups in total. The molecule has 1 aromatic carbocycles. The first kappa shape index (κ1) is 29.5. The maximum Gasteiger partial charge on any atom is 0.251 e. The van der Waals surface area contributed by atoms with Gasteiger partial charge in [0.1, 0.15) is 18.8 Å². The van der Waals surface area contributed by atoms with Crippen LogP contribution in [0.5, 0.6) is 0 Å². The molecule has 12 heteroatoms. The van der Waals surface area contributed by atoms with Crippen LogP contribution in [0.25, 0.3) is 10.8 Å². The van der Waals surface area contributed by atoms with E-state index in [0.717, 1.165) is 10.8 Å². The maximum atomic E-state index is 13.6. The second-order valence-corrected chi connectivity index (χ2v) is 9.97. The zero-order valence-corrected chi connectivity index (χ0v) is 22.2. The summed E-state index contributed by atoms with van der Waals surface area (Å²) in [5, 5.41) is 16.9. The lowest BCUT2D eigenvalue weighted by Crippen LogP contribution is -2.56. The average Bonchev–Trinajstić information content (AvgIpc) is 3.42. The lowest BCUT2D eigenvalue weighted by atomic mass is 10.0. The number of nitrogens with zero attached hydrogens (tertiary/aromatic N) is 2. The molecule has 0 radical (unpaired) electrons. The fourth-order valence-corrected chi connectivity index (χ4v) is 4.65. The number of halogens is 1. The topological polar surface area (TPSA) is 170 Å². The number of carbonyl (C=O) groups is 4. The van der Waals surface area contributed by atoms with Crippen molar-refractivity contribution in [3.05, 3.63) is 42.2 Å². The van der Waals surface area contributed by atoms with Gasteiger partial charge in [0.25, 0.3) is 5.91 Å². The van der Waals surface area contributed by atoms with E-state index in [4.69, 9.17) is 11.1 Å². The van der Waals surface area contributed by atoms with Crippen molar-refractivity contribution in [2.45, 2.75) is 57.7 Å². The molecule has 3 rings (SSSR count). The Morgan fingerprint density at radius 1 is 1.18 bits per heavy atom. The van der Waals surface area contributed by atoms with Crippen LogP contribution in [-0.2, 0) is 14.4 Å². The molecule has 0 bridgehead atoms. The van der Waals surface area contributed by atoms with Crippen molar-refractivity contribution in [2.24, 2.45) is 11.7 Å². The largest absolute Gasteiger partial charge is 0.370 e. The summed E-state index contributed by atoms with van der Waals surface area (Å²) in [4.78, 5) is 57.5. The van der Waals surface area contributed by atoms with E-state index < -0.39 is 48.3 Å². The maximum absolute atomic E-state index is 13.6. The van der Waals surface area contributed by atoms with Crippen molar-refractivity contribution >= 4 is 40.2 Å². The number of nitrogens with two attached hydrogens (primary N) is 1. The van der Waals surface area contributed by atoms with Crippen molar-refractivity contribution < 1.29 is 23.6 Å². The molecule has 0 aliphatic carbocycles. The Hall–Kier alpha value is -4.09. The van der Waals surface area contributed by atoms with Crippen molar-refractivity contribution in [3.63, 3.8) is 0 Å². The zero-order chi connectivity index (χ0) is 28.5. The van der Waals surface area contributed by atoms with Crippen LogP contribution in [0.3, 0.4) is 0 Å². The highest BCUT2D eigenvalue weighted by atomic mass is 19.1. The first-order valence-electron chi connectivity index (χ1n) is 13.0. The number of Topliss-reactive ketones (excluding diaryl/α,β-unsaturated/α-hetero) is 1. The molecule has 2 aromatic rings. The van der Waals surface area contributed by atoms with Gasteiger partial charge in [-0.3, -0.25) is 29.6 Å². The van der Waals surface area contributed by atoms with Crippen LogP contribution in [0.4, 0.5) is 4.39 Å². The molecule has 1 aliphatic rings. The summed E-state index contributed by atoms with van der Waals surface area (Å²) in [5.74, 6) is -2.60. The molecule has 1 aromatic heterocycles. The lowest BCUT2D eigenvalue weighted by Gasteiger charge is -2.31. The van der Waals surface area contributed by atoms with E-state index >= 15 is 0 Å². The second kappa shape index (κ2) is 13.6. The number of rotatable bonds is 12. The number of fused-ring (bicyclic) bond motifs is 1. The Balaban J connectivity index is 1.68. The minimum absolute atomic E-state index is 0.154. The second-order valence-electron chi connectivity index (χ2n) is 9.97. The van der Waals surface area contributed by atoms with Gasteiger partial charge in [-0.2, -0.15) is 0 Å². The number of pyridine rings is 1. The predicted molar refractivity (Wildman–Crippen MR) is 145 cm³/mol. The van der Waals surface area contributed by atoms with Gasteiger partial charge in [0, 0.05) is 36.4 Å². The quantitative estimate of drug-likeness (QED) is 0.153. The number of likely N-dealkylation sites (tertiary alicyclic amines) is 1. The van der Waals surface area contributed by atoms with Gasteiger partial charge in [-0.15, -0.1) is 0 Å². The summed E-state index contributed by atoms with van der Waals surface area (Å²) in [5.41, 5.74) is 5.63. The molecule has 1 fully saturated rings. The Morgan fingerprint density at radius 3 is 2.64 bits per heavy atom. The molecule has 0 saturated carbocycles. The van der Waals surface area contributed by atoms with Gasteiger partial charge in [-0.25, -0.2) is 4.39 Å². The molecule has 1 saturated heterocycles. The van der Waals surface area contributed by atoms with E-state index in [1.54, 1.807) is 24.5 Å². The van der Waals surface area contributed by atoms with E-state index in [2.05, 4.69) is 20.9 Å². The van der Waals surface area contributed by atoms with Gasteiger partial charge in [0.15, 0.2) is 11.7 Å². The van der Waals surface area contributed by atoms with Crippen molar-refractivity contribution in [1.29, 1.82) is 5.41 Å². The van der Waals surface area contributed by atoms with Crippen LogP contribution in [0, 0.1) is 11.3 Å². The Kier molecular flexibility index (Phi) is 10.3. The highest BCUT2D eigenvalue weighted by molar-refractivity contribution is 6.01. The number of hydrogen-bond acceptors (Lipinski definition) is 6. The van der Waals surface area contributed by atoms with Gasteiger partial charge >= 0.3 is 0 Å². The summed E-state index contributed by atoms with van der Waals surface area (Å²) in [6.07, 6.45) is 4.81. The minimum atomic E-state index is -1.23. The number of aromatic nitrogens is 1. The molecule has 3 atom stereocenters. The monoisotopic (exact) mass is 541 g/mol. The number of alkyl halides is 1. The fraction of sp³-hybridized carbons (Fsp3) is 0.481. The van der Waals surface area contributed by atoms with Gasteiger partial charge in [0.2, 0.25) is 11.8 Å². The van der Waals surface area contributed by atoms with Crippen LogP contribution in [0.1, 0.15) is 49.9 Å². The number of hydrogen-bond donors (Lipinski definition) is 5. The fourth-order valence-electron chi connectivity index (χ4n) is 4.65. The molecular formula is C27H36FN7O4. The number of carbonyl (C=O) groups excluding carboxylic acids is 4. The van der Waals surface area contributed by atoms with Gasteiger partial charge < -0.3 is 26.6 Å². The Labute approximate surface area is 226 Å². The molecule has 0 spiro atoms. The van der Waals surface area contributed by atoms with E-state index in [1.165, 1.54) is 4.90 Å². The smallest absolute Gasteiger partial charge is 0.251 e. The molecule has 2 heterocycles. The van der Waals surface area contributed by atoms with Crippen molar-refractivity contribution in [2.75, 3.05) is 19.8 Å². The summed E-state index contributed by atoms with van der Waals surface area (Å²) in [6.45, 7) is 3.00. The molecule has 39 heavy (non-hydrogen) atoms. The highest BCUT2D eigenvalue weighted by Crippen LogP contribution is 2.22. The Bertz CT molecular complexity index is 1220. The summed E-state index contributed by atoms with van der Waals surface area (Å²) in [7, 11) is 0. The van der Waals surface area contributed by atoms with Crippen LogP contribution in [-0.4, -0.2) is 77.2 Å². The van der Waals surface area contributed by atoms with Crippen LogP contribution >= 0.6 is 0 Å². The van der Waals surface area contributed by atoms with E-state index in [1.807, 2.05) is 26.0 Å². The number of benzene rings is 1. The SMILES string of the molecule is CC(C)C(NC(=O)c1ccc2ccncc2c1)C(=O)N1CCCC1C(=O)N[C@@H](CCCNC(=N)N)C(=O)CF. The molecule has 2 unspecified atom stereocenters. The molecule has 3 amide bonds. The first-order chi connectivity index (χ1) is 18.6. The average molecular weight is 542 g/mol. The Morgan fingerprint density at radius 2 is 1.95 bits per heavy atom. The van der Waals surface area contributed by atoms with Crippen LogP contribution < -0.4 is 21.7 Å². The van der Waals surface area contributed by atoms with Crippen LogP contribution in [0.2, 0.25) is 0 Å². The predicted octanol–water partition coefficient (Wildman–Crippen LogP) is 1.27. The van der Waals surface area contributed by atoms with E-state index in [0.29, 0.717) is 37.9 Å². The zero-order valence-electron chi connectivity index (χ0n) is 22.2. The normalized spacial score (nSPS) is 16.5. The summed E-state index contributed by atoms with van der Waals surface area (Å²) < 4.78 is 13.2. The van der Waals surface area contributed by atoms with E-state index in [9.17, 15) is 23.6 Å². The number of nitrogens with one attached hydrogen (secondary N) is 4. The lowest BCUT2D eigenvalue weighted by molar-refractivity contribution is -0.141. The number of amides is 3.